The number of halogens is 1. The number of carbonyl (C=O) groups is 2. The summed E-state index contributed by atoms with van der Waals surface area (Å²) in [5, 5.41) is 11.6. The summed E-state index contributed by atoms with van der Waals surface area (Å²) in [5.74, 6) is -1.66. The maximum Gasteiger partial charge on any atom is 0.300 e. The lowest BCUT2D eigenvalue weighted by Gasteiger charge is -2.25. The van der Waals surface area contributed by atoms with Gasteiger partial charge in [-0.25, -0.2) is 0 Å². The lowest BCUT2D eigenvalue weighted by molar-refractivity contribution is -0.132. The number of hydrogen-bond donors (Lipinski definition) is 1. The first kappa shape index (κ1) is 20.8. The Morgan fingerprint density at radius 2 is 1.61 bits per heavy atom. The third-order valence-corrected chi connectivity index (χ3v) is 6.09. The molecule has 1 saturated heterocycles. The molecule has 1 aliphatic rings. The molecule has 2 heterocycles. The molecule has 0 radical (unpaired) electrons. The number of amides is 1. The Morgan fingerprint density at radius 3 is 2.26 bits per heavy atom. The minimum Gasteiger partial charge on any atom is -0.507 e. The van der Waals surface area contributed by atoms with Crippen LogP contribution in [0.25, 0.3) is 5.76 Å². The van der Waals surface area contributed by atoms with E-state index in [2.05, 4.69) is 4.98 Å². The predicted molar refractivity (Wildman–Crippen MR) is 121 cm³/mol. The third kappa shape index (κ3) is 3.62. The zero-order valence-corrected chi connectivity index (χ0v) is 18.1. The van der Waals surface area contributed by atoms with Crippen LogP contribution in [0.15, 0.2) is 66.5 Å². The average Bonchev–Trinajstić information content (AvgIpc) is 3.03. The number of rotatable bonds is 3. The minimum atomic E-state index is -0.802. The molecule has 1 aliphatic heterocycles. The molecule has 31 heavy (non-hydrogen) atoms. The van der Waals surface area contributed by atoms with Crippen LogP contribution >= 0.6 is 11.6 Å². The molecule has 0 aliphatic carbocycles. The molecule has 3 aromatic rings. The predicted octanol–water partition coefficient (Wildman–Crippen LogP) is 5.29. The highest BCUT2D eigenvalue weighted by atomic mass is 35.5. The van der Waals surface area contributed by atoms with E-state index in [1.165, 1.54) is 4.90 Å². The van der Waals surface area contributed by atoms with Gasteiger partial charge in [-0.15, -0.1) is 0 Å². The highest BCUT2D eigenvalue weighted by Crippen LogP contribution is 2.42. The van der Waals surface area contributed by atoms with Crippen LogP contribution in [0.1, 0.15) is 33.9 Å². The second-order valence-corrected chi connectivity index (χ2v) is 8.09. The fourth-order valence-corrected chi connectivity index (χ4v) is 3.91. The number of hydrogen-bond acceptors (Lipinski definition) is 4. The van der Waals surface area contributed by atoms with Gasteiger partial charge < -0.3 is 5.11 Å². The zero-order chi connectivity index (χ0) is 22.3. The molecule has 0 bridgehead atoms. The molecule has 2 aromatic carbocycles. The second kappa shape index (κ2) is 8.00. The summed E-state index contributed by atoms with van der Waals surface area (Å²) in [5.41, 5.74) is 4.58. The number of aliphatic hydroxyl groups is 1. The first-order valence-electron chi connectivity index (χ1n) is 9.84. The highest BCUT2D eigenvalue weighted by molar-refractivity contribution is 6.51. The average molecular weight is 433 g/mol. The van der Waals surface area contributed by atoms with Gasteiger partial charge >= 0.3 is 0 Å². The summed E-state index contributed by atoms with van der Waals surface area (Å²) in [4.78, 5) is 31.7. The van der Waals surface area contributed by atoms with Crippen LogP contribution in [-0.4, -0.2) is 21.8 Å². The molecule has 1 amide bonds. The van der Waals surface area contributed by atoms with Crippen molar-refractivity contribution in [2.45, 2.75) is 26.8 Å². The summed E-state index contributed by atoms with van der Waals surface area (Å²) in [6.45, 7) is 5.76. The lowest BCUT2D eigenvalue weighted by atomic mass is 9.94. The Bertz CT molecular complexity index is 1230. The quantitative estimate of drug-likeness (QED) is 0.347. The number of aromatic nitrogens is 1. The standard InChI is InChI=1S/C25H21ClN2O3/c1-14-4-6-18(12-16(14)3)23(29)21-22(17-8-10-27-11-9-17)28(25(31)24(21)30)19-7-5-15(2)20(26)13-19/h4-13,22,29H,1-3H3/b23-21+. The van der Waals surface area contributed by atoms with Gasteiger partial charge in [0.05, 0.1) is 11.6 Å². The van der Waals surface area contributed by atoms with Crippen molar-refractivity contribution in [1.29, 1.82) is 0 Å². The van der Waals surface area contributed by atoms with Gasteiger partial charge in [-0.05, 0) is 73.4 Å². The van der Waals surface area contributed by atoms with Crippen LogP contribution in [0.4, 0.5) is 5.69 Å². The molecule has 156 valence electrons. The molecular formula is C25H21ClN2O3. The van der Waals surface area contributed by atoms with Crippen LogP contribution < -0.4 is 4.90 Å². The summed E-state index contributed by atoms with van der Waals surface area (Å²) in [7, 11) is 0. The number of anilines is 1. The molecule has 1 unspecified atom stereocenters. The normalized spacial score (nSPS) is 17.9. The summed E-state index contributed by atoms with van der Waals surface area (Å²) in [6, 6.07) is 13.3. The van der Waals surface area contributed by atoms with E-state index in [0.29, 0.717) is 21.8 Å². The van der Waals surface area contributed by atoms with Crippen LogP contribution in [0, 0.1) is 20.8 Å². The molecule has 1 N–H and O–H groups in total. The number of benzene rings is 2. The fraction of sp³-hybridized carbons (Fsp3) is 0.160. The summed E-state index contributed by atoms with van der Waals surface area (Å²) < 4.78 is 0. The number of nitrogens with zero attached hydrogens (tertiary/aromatic N) is 2. The van der Waals surface area contributed by atoms with Gasteiger partial charge in [0, 0.05) is 28.7 Å². The third-order valence-electron chi connectivity index (χ3n) is 5.68. The highest BCUT2D eigenvalue weighted by Gasteiger charge is 2.47. The number of Topliss-reactive ketones (excluding diaryl/α,β-unsaturated/α-hetero) is 1. The number of carbonyl (C=O) groups excluding carboxylic acids is 2. The van der Waals surface area contributed by atoms with E-state index >= 15 is 0 Å². The van der Waals surface area contributed by atoms with Crippen LogP contribution in [0.5, 0.6) is 0 Å². The Balaban J connectivity index is 1.95. The molecule has 0 spiro atoms. The second-order valence-electron chi connectivity index (χ2n) is 7.68. The Kier molecular flexibility index (Phi) is 5.38. The lowest BCUT2D eigenvalue weighted by Crippen LogP contribution is -2.29. The van der Waals surface area contributed by atoms with Crippen molar-refractivity contribution in [3.8, 4) is 0 Å². The van der Waals surface area contributed by atoms with E-state index in [1.807, 2.05) is 32.9 Å². The molecule has 1 atom stereocenters. The summed E-state index contributed by atoms with van der Waals surface area (Å²) >= 11 is 6.30. The Labute approximate surface area is 185 Å². The van der Waals surface area contributed by atoms with Crippen molar-refractivity contribution in [3.05, 3.63) is 99.3 Å². The van der Waals surface area contributed by atoms with Gasteiger partial charge in [0.2, 0.25) is 0 Å². The van der Waals surface area contributed by atoms with Crippen LogP contribution in [-0.2, 0) is 9.59 Å². The number of aliphatic hydroxyl groups excluding tert-OH is 1. The van der Waals surface area contributed by atoms with Crippen molar-refractivity contribution in [1.82, 2.24) is 4.98 Å². The zero-order valence-electron chi connectivity index (χ0n) is 17.4. The topological polar surface area (TPSA) is 70.5 Å². The van der Waals surface area contributed by atoms with Crippen molar-refractivity contribution >= 4 is 34.7 Å². The van der Waals surface area contributed by atoms with Crippen LogP contribution in [0.3, 0.4) is 0 Å². The van der Waals surface area contributed by atoms with E-state index in [4.69, 9.17) is 11.6 Å². The van der Waals surface area contributed by atoms with E-state index < -0.39 is 17.7 Å². The van der Waals surface area contributed by atoms with Crippen molar-refractivity contribution < 1.29 is 14.7 Å². The Hall–Kier alpha value is -3.44. The molecule has 1 aromatic heterocycles. The van der Waals surface area contributed by atoms with Crippen LogP contribution in [0.2, 0.25) is 5.02 Å². The molecule has 5 nitrogen and oxygen atoms in total. The van der Waals surface area contributed by atoms with Crippen molar-refractivity contribution in [2.24, 2.45) is 0 Å². The largest absolute Gasteiger partial charge is 0.507 e. The van der Waals surface area contributed by atoms with Gasteiger partial charge in [0.15, 0.2) is 0 Å². The first-order chi connectivity index (χ1) is 14.8. The molecule has 4 rings (SSSR count). The molecule has 6 heteroatoms. The van der Waals surface area contributed by atoms with Gasteiger partial charge in [-0.3, -0.25) is 19.5 Å². The molecule has 0 saturated carbocycles. The van der Waals surface area contributed by atoms with Gasteiger partial charge in [0.1, 0.15) is 5.76 Å². The van der Waals surface area contributed by atoms with Gasteiger partial charge in [-0.2, -0.15) is 0 Å². The number of pyridine rings is 1. The SMILES string of the molecule is Cc1ccc(/C(O)=C2\C(=O)C(=O)N(c3ccc(C)c(Cl)c3)C2c2ccncc2)cc1C. The van der Waals surface area contributed by atoms with Crippen molar-refractivity contribution in [2.75, 3.05) is 4.90 Å². The summed E-state index contributed by atoms with van der Waals surface area (Å²) in [6.07, 6.45) is 3.18. The van der Waals surface area contributed by atoms with Crippen molar-refractivity contribution in [3.63, 3.8) is 0 Å². The fourth-order valence-electron chi connectivity index (χ4n) is 3.74. The van der Waals surface area contributed by atoms with E-state index in [9.17, 15) is 14.7 Å². The maximum atomic E-state index is 13.1. The first-order valence-corrected chi connectivity index (χ1v) is 10.2. The monoisotopic (exact) mass is 432 g/mol. The molecular weight excluding hydrogens is 412 g/mol. The number of aryl methyl sites for hydroxylation is 3. The smallest absolute Gasteiger partial charge is 0.300 e. The Morgan fingerprint density at radius 1 is 0.935 bits per heavy atom. The van der Waals surface area contributed by atoms with E-state index in [-0.39, 0.29) is 11.3 Å². The minimum absolute atomic E-state index is 0.0381. The number of ketones is 1. The van der Waals surface area contributed by atoms with E-state index in [0.717, 1.165) is 16.7 Å². The van der Waals surface area contributed by atoms with Gasteiger partial charge in [0.25, 0.3) is 11.7 Å². The maximum absolute atomic E-state index is 13.1. The van der Waals surface area contributed by atoms with E-state index in [1.54, 1.807) is 48.8 Å². The molecule has 1 fully saturated rings. The van der Waals surface area contributed by atoms with Gasteiger partial charge in [-0.1, -0.05) is 29.8 Å².